The second-order valence-electron chi connectivity index (χ2n) is 8.02. The molecule has 1 N–H and O–H groups in total. The molecule has 1 aromatic carbocycles. The maximum atomic E-state index is 13.3. The number of benzene rings is 1. The summed E-state index contributed by atoms with van der Waals surface area (Å²) < 4.78 is 20.9. The van der Waals surface area contributed by atoms with Crippen LogP contribution in [0.15, 0.2) is 30.3 Å². The van der Waals surface area contributed by atoms with Gasteiger partial charge in [0.2, 0.25) is 0 Å². The SMILES string of the molecule is CC[C@@H]([C@@H]1CCC(C)C(O)O1)N(Cc1ccccc1)[S@@+]([O-])C(C)(C)C. The van der Waals surface area contributed by atoms with Crippen LogP contribution in [0.2, 0.25) is 0 Å². The van der Waals surface area contributed by atoms with Gasteiger partial charge in [0.15, 0.2) is 6.29 Å². The monoisotopic (exact) mass is 367 g/mol. The van der Waals surface area contributed by atoms with E-state index in [9.17, 15) is 9.66 Å². The molecule has 5 atom stereocenters. The van der Waals surface area contributed by atoms with Crippen molar-refractivity contribution >= 4 is 11.4 Å². The summed E-state index contributed by atoms with van der Waals surface area (Å²) in [6.07, 6.45) is 1.84. The van der Waals surface area contributed by atoms with Crippen LogP contribution in [0.3, 0.4) is 0 Å². The maximum absolute atomic E-state index is 13.3. The minimum absolute atomic E-state index is 0.0161. The molecule has 1 heterocycles. The molecule has 2 unspecified atom stereocenters. The van der Waals surface area contributed by atoms with Crippen LogP contribution in [0.4, 0.5) is 0 Å². The molecule has 0 aromatic heterocycles. The third-order valence-corrected chi connectivity index (χ3v) is 6.72. The largest absolute Gasteiger partial charge is 0.597 e. The van der Waals surface area contributed by atoms with Crippen molar-refractivity contribution in [3.8, 4) is 0 Å². The molecule has 1 aromatic rings. The van der Waals surface area contributed by atoms with Gasteiger partial charge in [0.1, 0.15) is 4.75 Å². The molecule has 4 nitrogen and oxygen atoms in total. The Hall–Kier alpha value is -0.590. The number of aliphatic hydroxyl groups is 1. The van der Waals surface area contributed by atoms with Gasteiger partial charge in [0, 0.05) is 17.3 Å². The summed E-state index contributed by atoms with van der Waals surface area (Å²) in [6.45, 7) is 10.8. The number of hydrogen-bond donors (Lipinski definition) is 1. The molecule has 25 heavy (non-hydrogen) atoms. The van der Waals surface area contributed by atoms with Crippen molar-refractivity contribution in [1.82, 2.24) is 4.31 Å². The first-order chi connectivity index (χ1) is 11.7. The number of aliphatic hydroxyl groups excluding tert-OH is 1. The zero-order chi connectivity index (χ0) is 18.6. The molecule has 142 valence electrons. The van der Waals surface area contributed by atoms with Crippen LogP contribution in [-0.4, -0.2) is 37.1 Å². The molecule has 1 aliphatic rings. The molecular formula is C20H33NO3S. The third-order valence-electron chi connectivity index (χ3n) is 4.84. The molecule has 0 aliphatic carbocycles. The van der Waals surface area contributed by atoms with Crippen LogP contribution in [0.25, 0.3) is 0 Å². The maximum Gasteiger partial charge on any atom is 0.157 e. The molecule has 5 heteroatoms. The topological polar surface area (TPSA) is 55.8 Å². The molecule has 0 saturated carbocycles. The van der Waals surface area contributed by atoms with Crippen LogP contribution >= 0.6 is 0 Å². The van der Waals surface area contributed by atoms with E-state index in [4.69, 9.17) is 4.74 Å². The Kier molecular flexibility index (Phi) is 7.35. The minimum Gasteiger partial charge on any atom is -0.597 e. The van der Waals surface area contributed by atoms with Crippen LogP contribution in [0.5, 0.6) is 0 Å². The summed E-state index contributed by atoms with van der Waals surface area (Å²) >= 11 is -1.16. The summed E-state index contributed by atoms with van der Waals surface area (Å²) in [5.41, 5.74) is 1.14. The van der Waals surface area contributed by atoms with E-state index in [0.717, 1.165) is 24.8 Å². The fourth-order valence-electron chi connectivity index (χ4n) is 3.30. The van der Waals surface area contributed by atoms with Gasteiger partial charge in [-0.1, -0.05) is 44.2 Å². The van der Waals surface area contributed by atoms with Gasteiger partial charge in [-0.15, -0.1) is 4.31 Å². The van der Waals surface area contributed by atoms with Crippen molar-refractivity contribution in [2.45, 2.75) is 83.6 Å². The van der Waals surface area contributed by atoms with Crippen molar-refractivity contribution in [2.75, 3.05) is 0 Å². The smallest absolute Gasteiger partial charge is 0.157 e. The summed E-state index contributed by atoms with van der Waals surface area (Å²) in [6, 6.07) is 10.2. The number of nitrogens with zero attached hydrogens (tertiary/aromatic N) is 1. The van der Waals surface area contributed by atoms with Gasteiger partial charge in [0.25, 0.3) is 0 Å². The Morgan fingerprint density at radius 3 is 2.44 bits per heavy atom. The average Bonchev–Trinajstić information content (AvgIpc) is 2.57. The average molecular weight is 368 g/mol. The molecule has 0 radical (unpaired) electrons. The van der Waals surface area contributed by atoms with E-state index in [-0.39, 0.29) is 22.8 Å². The summed E-state index contributed by atoms with van der Waals surface area (Å²) in [5, 5.41) is 10.1. The molecular weight excluding hydrogens is 334 g/mol. The lowest BCUT2D eigenvalue weighted by atomic mass is 9.93. The zero-order valence-electron chi connectivity index (χ0n) is 16.1. The number of ether oxygens (including phenoxy) is 1. The van der Waals surface area contributed by atoms with Crippen LogP contribution in [0.1, 0.15) is 59.4 Å². The highest BCUT2D eigenvalue weighted by molar-refractivity contribution is 7.90. The lowest BCUT2D eigenvalue weighted by Gasteiger charge is -2.42. The van der Waals surface area contributed by atoms with Crippen molar-refractivity contribution in [2.24, 2.45) is 5.92 Å². The van der Waals surface area contributed by atoms with E-state index in [1.807, 2.05) is 45.9 Å². The Balaban J connectivity index is 2.25. The van der Waals surface area contributed by atoms with Gasteiger partial charge >= 0.3 is 0 Å². The molecule has 1 aliphatic heterocycles. The van der Waals surface area contributed by atoms with Gasteiger partial charge in [-0.05, 0) is 45.6 Å². The molecule has 1 fully saturated rings. The Bertz CT molecular complexity index is 519. The fourth-order valence-corrected chi connectivity index (χ4v) is 4.80. The number of rotatable bonds is 6. The van der Waals surface area contributed by atoms with Gasteiger partial charge < -0.3 is 14.4 Å². The first kappa shape index (κ1) is 20.7. The lowest BCUT2D eigenvalue weighted by molar-refractivity contribution is -0.201. The molecule has 2 rings (SSSR count). The molecule has 0 amide bonds. The summed E-state index contributed by atoms with van der Waals surface area (Å²) in [4.78, 5) is 0. The molecule has 0 spiro atoms. The standard InChI is InChI=1S/C20H33NO3S/c1-6-17(18-13-12-15(2)19(22)24-18)21(25(23)20(3,4)5)14-16-10-8-7-9-11-16/h7-11,15,17-19,22H,6,12-14H2,1-5H3/t15?,17-,18-,19?,25-/m0/s1. The number of hydrogen-bond acceptors (Lipinski definition) is 4. The van der Waals surface area contributed by atoms with Gasteiger partial charge in [-0.2, -0.15) is 0 Å². The van der Waals surface area contributed by atoms with E-state index in [2.05, 4.69) is 23.4 Å². The second-order valence-corrected chi connectivity index (χ2v) is 10.2. The first-order valence-corrected chi connectivity index (χ1v) is 10.4. The first-order valence-electron chi connectivity index (χ1n) is 9.30. The lowest BCUT2D eigenvalue weighted by Crippen LogP contribution is -2.54. The Labute approximate surface area is 155 Å². The Morgan fingerprint density at radius 2 is 1.92 bits per heavy atom. The van der Waals surface area contributed by atoms with Gasteiger partial charge in [0.05, 0.1) is 18.7 Å². The predicted molar refractivity (Wildman–Crippen MR) is 103 cm³/mol. The quantitative estimate of drug-likeness (QED) is 0.776. The molecule has 0 bridgehead atoms. The van der Waals surface area contributed by atoms with Crippen molar-refractivity contribution in [3.05, 3.63) is 35.9 Å². The van der Waals surface area contributed by atoms with E-state index >= 15 is 0 Å². The third kappa shape index (κ3) is 5.44. The van der Waals surface area contributed by atoms with Gasteiger partial charge in [-0.25, -0.2) is 0 Å². The van der Waals surface area contributed by atoms with E-state index in [1.165, 1.54) is 0 Å². The van der Waals surface area contributed by atoms with Crippen LogP contribution in [0, 0.1) is 5.92 Å². The van der Waals surface area contributed by atoms with E-state index < -0.39 is 17.7 Å². The summed E-state index contributed by atoms with van der Waals surface area (Å²) in [5.74, 6) is 0.157. The van der Waals surface area contributed by atoms with Crippen molar-refractivity contribution < 1.29 is 14.4 Å². The molecule has 1 saturated heterocycles. The highest BCUT2D eigenvalue weighted by atomic mass is 32.2. The van der Waals surface area contributed by atoms with E-state index in [0.29, 0.717) is 6.54 Å². The minimum atomic E-state index is -1.16. The fraction of sp³-hybridized carbons (Fsp3) is 0.700. The van der Waals surface area contributed by atoms with Crippen LogP contribution < -0.4 is 0 Å². The van der Waals surface area contributed by atoms with E-state index in [1.54, 1.807) is 0 Å². The predicted octanol–water partition coefficient (Wildman–Crippen LogP) is 3.86. The van der Waals surface area contributed by atoms with Crippen molar-refractivity contribution in [1.29, 1.82) is 0 Å². The normalized spacial score (nSPS) is 27.3. The second kappa shape index (κ2) is 8.87. The summed E-state index contributed by atoms with van der Waals surface area (Å²) in [7, 11) is 0. The Morgan fingerprint density at radius 1 is 1.28 bits per heavy atom. The van der Waals surface area contributed by atoms with Crippen molar-refractivity contribution in [3.63, 3.8) is 0 Å². The van der Waals surface area contributed by atoms with Crippen LogP contribution in [-0.2, 0) is 22.6 Å². The highest BCUT2D eigenvalue weighted by Gasteiger charge is 2.42. The zero-order valence-corrected chi connectivity index (χ0v) is 17.0. The van der Waals surface area contributed by atoms with Gasteiger partial charge in [-0.3, -0.25) is 0 Å². The highest BCUT2D eigenvalue weighted by Crippen LogP contribution is 2.33.